The Morgan fingerprint density at radius 1 is 1.19 bits per heavy atom. The maximum absolute atomic E-state index is 12.6. The highest BCUT2D eigenvalue weighted by atomic mass is 16.5. The molecule has 1 aromatic rings. The van der Waals surface area contributed by atoms with Crippen LogP contribution < -0.4 is 16.4 Å². The summed E-state index contributed by atoms with van der Waals surface area (Å²) in [5.74, 6) is -0.807. The average Bonchev–Trinajstić information content (AvgIpc) is 2.68. The van der Waals surface area contributed by atoms with Crippen molar-refractivity contribution in [3.8, 4) is 0 Å². The average molecular weight is 363 g/mol. The van der Waals surface area contributed by atoms with E-state index in [2.05, 4.69) is 15.4 Å². The van der Waals surface area contributed by atoms with Crippen LogP contribution in [0.25, 0.3) is 0 Å². The number of carbonyl (C=O) groups is 3. The molecule has 2 rings (SSSR count). The fourth-order valence-corrected chi connectivity index (χ4v) is 2.74. The summed E-state index contributed by atoms with van der Waals surface area (Å²) in [5, 5.41) is 5.50. The fraction of sp³-hybridized carbons (Fsp3) is 0.500. The van der Waals surface area contributed by atoms with Gasteiger partial charge in [-0.05, 0) is 37.1 Å². The predicted molar refractivity (Wildman–Crippen MR) is 95.6 cm³/mol. The van der Waals surface area contributed by atoms with E-state index in [4.69, 9.17) is 10.5 Å². The van der Waals surface area contributed by atoms with Crippen molar-refractivity contribution in [1.29, 1.82) is 0 Å². The zero-order valence-corrected chi connectivity index (χ0v) is 14.9. The van der Waals surface area contributed by atoms with Crippen LogP contribution in [0.1, 0.15) is 29.6 Å². The van der Waals surface area contributed by atoms with Gasteiger partial charge in [0.25, 0.3) is 5.91 Å². The predicted octanol–water partition coefficient (Wildman–Crippen LogP) is 0.674. The summed E-state index contributed by atoms with van der Waals surface area (Å²) in [4.78, 5) is 35.6. The molecule has 0 unspecified atom stereocenters. The second-order valence-corrected chi connectivity index (χ2v) is 6.21. The van der Waals surface area contributed by atoms with Gasteiger partial charge in [0.15, 0.2) is 0 Å². The first-order valence-electron chi connectivity index (χ1n) is 8.55. The Balaban J connectivity index is 1.91. The quantitative estimate of drug-likeness (QED) is 0.613. The fourth-order valence-electron chi connectivity index (χ4n) is 2.74. The monoisotopic (exact) mass is 363 g/mol. The van der Waals surface area contributed by atoms with Crippen LogP contribution in [0.15, 0.2) is 24.3 Å². The van der Waals surface area contributed by atoms with E-state index >= 15 is 0 Å². The molecule has 1 fully saturated rings. The number of methoxy groups -OCH3 is 1. The molecule has 0 aliphatic carbocycles. The highest BCUT2D eigenvalue weighted by Gasteiger charge is 2.38. The number of nitrogens with one attached hydrogen (secondary N) is 2. The van der Waals surface area contributed by atoms with Gasteiger partial charge in [0, 0.05) is 37.6 Å². The number of esters is 1. The van der Waals surface area contributed by atoms with Gasteiger partial charge in [-0.15, -0.1) is 0 Å². The van der Waals surface area contributed by atoms with Crippen molar-refractivity contribution in [2.45, 2.75) is 19.3 Å². The van der Waals surface area contributed by atoms with Gasteiger partial charge in [-0.2, -0.15) is 0 Å². The number of benzene rings is 1. The Labute approximate surface area is 152 Å². The van der Waals surface area contributed by atoms with Gasteiger partial charge in [0.1, 0.15) is 0 Å². The molecule has 0 saturated carbocycles. The van der Waals surface area contributed by atoms with E-state index in [1.807, 2.05) is 0 Å². The molecule has 8 nitrogen and oxygen atoms in total. The van der Waals surface area contributed by atoms with Crippen LogP contribution in [0.5, 0.6) is 0 Å². The Bertz CT molecular complexity index is 639. The molecule has 142 valence electrons. The molecular weight excluding hydrogens is 338 g/mol. The Hall–Kier alpha value is -2.45. The molecule has 1 heterocycles. The third-order valence-corrected chi connectivity index (χ3v) is 4.57. The van der Waals surface area contributed by atoms with E-state index in [0.717, 1.165) is 0 Å². The number of carbonyl (C=O) groups excluding carboxylic acids is 3. The second kappa shape index (κ2) is 9.30. The molecule has 0 atom stereocenters. The molecule has 1 aliphatic rings. The van der Waals surface area contributed by atoms with Crippen molar-refractivity contribution in [2.24, 2.45) is 11.1 Å². The maximum atomic E-state index is 12.6. The minimum Gasteiger partial charge on any atom is -0.469 e. The molecule has 0 radical (unpaired) electrons. The number of amides is 2. The zero-order valence-electron chi connectivity index (χ0n) is 14.9. The van der Waals surface area contributed by atoms with Crippen LogP contribution >= 0.6 is 0 Å². The molecule has 8 heteroatoms. The summed E-state index contributed by atoms with van der Waals surface area (Å²) in [6, 6.07) is 6.55. The summed E-state index contributed by atoms with van der Waals surface area (Å²) in [7, 11) is 1.30. The largest absolute Gasteiger partial charge is 0.469 e. The Kier molecular flexibility index (Phi) is 7.11. The van der Waals surface area contributed by atoms with Gasteiger partial charge in [0.05, 0.1) is 18.9 Å². The van der Waals surface area contributed by atoms with Crippen molar-refractivity contribution in [1.82, 2.24) is 5.32 Å². The molecule has 2 amide bonds. The highest BCUT2D eigenvalue weighted by molar-refractivity contribution is 5.97. The summed E-state index contributed by atoms with van der Waals surface area (Å²) in [6.07, 6.45) is 1.30. The van der Waals surface area contributed by atoms with Gasteiger partial charge >= 0.3 is 5.97 Å². The minimum atomic E-state index is -0.609. The van der Waals surface area contributed by atoms with E-state index in [1.54, 1.807) is 24.3 Å². The number of ether oxygens (including phenoxy) is 2. The topological polar surface area (TPSA) is 120 Å². The van der Waals surface area contributed by atoms with Gasteiger partial charge in [0.2, 0.25) is 5.91 Å². The summed E-state index contributed by atoms with van der Waals surface area (Å²) in [6.45, 7) is 1.51. The molecular formula is C18H25N3O5. The molecule has 1 aliphatic heterocycles. The Morgan fingerprint density at radius 3 is 2.42 bits per heavy atom. The minimum absolute atomic E-state index is 0.112. The van der Waals surface area contributed by atoms with E-state index in [0.29, 0.717) is 37.3 Å². The number of hydrogen-bond acceptors (Lipinski definition) is 6. The van der Waals surface area contributed by atoms with Crippen LogP contribution in [0.3, 0.4) is 0 Å². The lowest BCUT2D eigenvalue weighted by molar-refractivity contribution is -0.140. The van der Waals surface area contributed by atoms with Gasteiger partial charge in [-0.1, -0.05) is 0 Å². The molecule has 26 heavy (non-hydrogen) atoms. The van der Waals surface area contributed by atoms with Crippen LogP contribution in [0, 0.1) is 5.41 Å². The molecule has 1 saturated heterocycles. The van der Waals surface area contributed by atoms with Crippen molar-refractivity contribution >= 4 is 23.5 Å². The summed E-state index contributed by atoms with van der Waals surface area (Å²) in [5.41, 5.74) is 6.26. The van der Waals surface area contributed by atoms with Gasteiger partial charge in [-0.3, -0.25) is 14.4 Å². The van der Waals surface area contributed by atoms with Gasteiger partial charge < -0.3 is 25.8 Å². The Morgan fingerprint density at radius 2 is 1.85 bits per heavy atom. The normalized spacial score (nSPS) is 15.8. The smallest absolute Gasteiger partial charge is 0.307 e. The SMILES string of the molecule is COC(=O)CCNC(=O)c1ccc(NC(=O)C2(CN)CCOCC2)cc1. The van der Waals surface area contributed by atoms with Gasteiger partial charge in [-0.25, -0.2) is 0 Å². The lowest BCUT2D eigenvalue weighted by Crippen LogP contribution is -2.46. The summed E-state index contributed by atoms with van der Waals surface area (Å²) >= 11 is 0. The first-order chi connectivity index (χ1) is 12.5. The highest BCUT2D eigenvalue weighted by Crippen LogP contribution is 2.30. The molecule has 0 spiro atoms. The van der Waals surface area contributed by atoms with E-state index in [9.17, 15) is 14.4 Å². The lowest BCUT2D eigenvalue weighted by atomic mass is 9.79. The van der Waals surface area contributed by atoms with E-state index in [-0.39, 0.29) is 37.3 Å². The number of hydrogen-bond donors (Lipinski definition) is 3. The molecule has 1 aromatic carbocycles. The number of rotatable bonds is 7. The third-order valence-electron chi connectivity index (χ3n) is 4.57. The van der Waals surface area contributed by atoms with Crippen LogP contribution in [-0.2, 0) is 19.1 Å². The van der Waals surface area contributed by atoms with Crippen molar-refractivity contribution in [3.63, 3.8) is 0 Å². The molecule has 0 aromatic heterocycles. The maximum Gasteiger partial charge on any atom is 0.307 e. The van der Waals surface area contributed by atoms with E-state index < -0.39 is 5.41 Å². The first kappa shape index (κ1) is 19.9. The van der Waals surface area contributed by atoms with Crippen molar-refractivity contribution in [2.75, 3.05) is 38.7 Å². The van der Waals surface area contributed by atoms with Crippen LogP contribution in [-0.4, -0.2) is 51.2 Å². The summed E-state index contributed by atoms with van der Waals surface area (Å²) < 4.78 is 9.82. The zero-order chi connectivity index (χ0) is 19.0. The molecule has 0 bridgehead atoms. The number of nitrogens with two attached hydrogens (primary N) is 1. The standard InChI is InChI=1S/C18H25N3O5/c1-25-15(22)6-9-20-16(23)13-2-4-14(5-3-13)21-17(24)18(12-19)7-10-26-11-8-18/h2-5H,6-12,19H2,1H3,(H,20,23)(H,21,24). The van der Waals surface area contributed by atoms with E-state index in [1.165, 1.54) is 7.11 Å². The van der Waals surface area contributed by atoms with Crippen LogP contribution in [0.4, 0.5) is 5.69 Å². The third kappa shape index (κ3) is 5.03. The first-order valence-corrected chi connectivity index (χ1v) is 8.55. The van der Waals surface area contributed by atoms with Crippen LogP contribution in [0.2, 0.25) is 0 Å². The molecule has 4 N–H and O–H groups in total. The number of anilines is 1. The lowest BCUT2D eigenvalue weighted by Gasteiger charge is -2.34. The second-order valence-electron chi connectivity index (χ2n) is 6.21. The van der Waals surface area contributed by atoms with Crippen molar-refractivity contribution < 1.29 is 23.9 Å². The van der Waals surface area contributed by atoms with Crippen molar-refractivity contribution in [3.05, 3.63) is 29.8 Å².